The summed E-state index contributed by atoms with van der Waals surface area (Å²) >= 11 is 0. The zero-order valence-electron chi connectivity index (χ0n) is 7.04. The van der Waals surface area contributed by atoms with Crippen LogP contribution in [0.1, 0.15) is 6.92 Å². The Morgan fingerprint density at radius 3 is 2.83 bits per heavy atom. The molecule has 1 heterocycles. The van der Waals surface area contributed by atoms with Crippen molar-refractivity contribution < 1.29 is 9.90 Å². The quantitative estimate of drug-likeness (QED) is 0.536. The lowest BCUT2D eigenvalue weighted by Gasteiger charge is -2.16. The summed E-state index contributed by atoms with van der Waals surface area (Å²) in [7, 11) is 0. The van der Waals surface area contributed by atoms with Crippen LogP contribution in [0.2, 0.25) is 0 Å². The molecule has 0 aromatic carbocycles. The second-order valence-electron chi connectivity index (χ2n) is 2.91. The van der Waals surface area contributed by atoms with Gasteiger partial charge in [-0.15, -0.1) is 12.4 Å². The molecule has 3 N–H and O–H groups in total. The number of carbonyl (C=O) groups excluding carboxylic acids is 1. The van der Waals surface area contributed by atoms with Crippen molar-refractivity contribution in [2.24, 2.45) is 5.92 Å². The summed E-state index contributed by atoms with van der Waals surface area (Å²) in [6, 6.07) is 0.109. The lowest BCUT2D eigenvalue weighted by Crippen LogP contribution is -2.40. The molecule has 5 heteroatoms. The van der Waals surface area contributed by atoms with Gasteiger partial charge in [-0.05, 0) is 0 Å². The summed E-state index contributed by atoms with van der Waals surface area (Å²) in [5, 5.41) is 14.7. The van der Waals surface area contributed by atoms with Gasteiger partial charge in [0.25, 0.3) is 0 Å². The van der Waals surface area contributed by atoms with Gasteiger partial charge in [0.05, 0.1) is 0 Å². The minimum absolute atomic E-state index is 0. The van der Waals surface area contributed by atoms with Gasteiger partial charge in [-0.25, -0.2) is 0 Å². The Hall–Kier alpha value is -0.320. The SMILES string of the molecule is CC(=O)N[C@@H]1CNC[C@H]1CO.Cl. The molecule has 1 amide bonds. The first-order chi connectivity index (χ1) is 5.24. The van der Waals surface area contributed by atoms with Crippen LogP contribution in [-0.2, 0) is 4.79 Å². The highest BCUT2D eigenvalue weighted by atomic mass is 35.5. The van der Waals surface area contributed by atoms with Crippen LogP contribution < -0.4 is 10.6 Å². The zero-order chi connectivity index (χ0) is 8.27. The van der Waals surface area contributed by atoms with E-state index < -0.39 is 0 Å². The normalized spacial score (nSPS) is 27.8. The molecule has 0 saturated carbocycles. The maximum absolute atomic E-state index is 10.6. The molecule has 1 aliphatic rings. The van der Waals surface area contributed by atoms with E-state index in [0.29, 0.717) is 0 Å². The molecule has 72 valence electrons. The highest BCUT2D eigenvalue weighted by Crippen LogP contribution is 2.07. The summed E-state index contributed by atoms with van der Waals surface area (Å²) in [5.41, 5.74) is 0. The van der Waals surface area contributed by atoms with Gasteiger partial charge >= 0.3 is 0 Å². The van der Waals surface area contributed by atoms with E-state index in [2.05, 4.69) is 10.6 Å². The van der Waals surface area contributed by atoms with Crippen LogP contribution in [0.15, 0.2) is 0 Å². The first-order valence-corrected chi connectivity index (χ1v) is 3.82. The maximum Gasteiger partial charge on any atom is 0.217 e. The van der Waals surface area contributed by atoms with Crippen molar-refractivity contribution in [2.75, 3.05) is 19.7 Å². The number of hydrogen-bond acceptors (Lipinski definition) is 3. The minimum Gasteiger partial charge on any atom is -0.396 e. The van der Waals surface area contributed by atoms with Crippen molar-refractivity contribution >= 4 is 18.3 Å². The largest absolute Gasteiger partial charge is 0.396 e. The fraction of sp³-hybridized carbons (Fsp3) is 0.857. The Morgan fingerprint density at radius 2 is 2.33 bits per heavy atom. The van der Waals surface area contributed by atoms with Crippen molar-refractivity contribution in [1.29, 1.82) is 0 Å². The van der Waals surface area contributed by atoms with Gasteiger partial charge in [0.2, 0.25) is 5.91 Å². The second kappa shape index (κ2) is 5.35. The first kappa shape index (κ1) is 11.7. The Bertz CT molecular complexity index is 154. The Balaban J connectivity index is 0.00000121. The third-order valence-corrected chi connectivity index (χ3v) is 1.96. The summed E-state index contributed by atoms with van der Waals surface area (Å²) in [6.45, 7) is 3.19. The third-order valence-electron chi connectivity index (χ3n) is 1.96. The Morgan fingerprint density at radius 1 is 1.67 bits per heavy atom. The summed E-state index contributed by atoms with van der Waals surface area (Å²) in [4.78, 5) is 10.6. The van der Waals surface area contributed by atoms with Gasteiger partial charge in [0.1, 0.15) is 0 Å². The number of aliphatic hydroxyl groups is 1. The average molecular weight is 195 g/mol. The van der Waals surface area contributed by atoms with Crippen LogP contribution in [0.4, 0.5) is 0 Å². The monoisotopic (exact) mass is 194 g/mol. The van der Waals surface area contributed by atoms with E-state index in [-0.39, 0.29) is 36.9 Å². The van der Waals surface area contributed by atoms with Crippen LogP contribution in [0, 0.1) is 5.92 Å². The van der Waals surface area contributed by atoms with E-state index in [1.54, 1.807) is 0 Å². The molecule has 0 aliphatic carbocycles. The number of hydrogen-bond donors (Lipinski definition) is 3. The molecule has 0 bridgehead atoms. The van der Waals surface area contributed by atoms with Crippen molar-refractivity contribution in [3.63, 3.8) is 0 Å². The average Bonchev–Trinajstić information content (AvgIpc) is 2.34. The molecule has 1 aliphatic heterocycles. The molecule has 0 unspecified atom stereocenters. The number of rotatable bonds is 2. The molecule has 0 radical (unpaired) electrons. The third kappa shape index (κ3) is 2.97. The van der Waals surface area contributed by atoms with Crippen LogP contribution in [0.3, 0.4) is 0 Å². The number of nitrogens with one attached hydrogen (secondary N) is 2. The molecule has 2 atom stereocenters. The standard InChI is InChI=1S/C7H14N2O2.ClH/c1-5(11)9-7-3-8-2-6(7)4-10;/h6-8,10H,2-4H2,1H3,(H,9,11);1H/t6-,7+;/m0./s1. The molecule has 1 fully saturated rings. The Labute approximate surface area is 78.1 Å². The van der Waals surface area contributed by atoms with Gasteiger partial charge in [-0.1, -0.05) is 0 Å². The highest BCUT2D eigenvalue weighted by Gasteiger charge is 2.26. The van der Waals surface area contributed by atoms with Crippen molar-refractivity contribution in [1.82, 2.24) is 10.6 Å². The Kier molecular flexibility index (Phi) is 5.20. The van der Waals surface area contributed by atoms with Crippen LogP contribution in [-0.4, -0.2) is 36.8 Å². The van der Waals surface area contributed by atoms with Gasteiger partial charge in [0.15, 0.2) is 0 Å². The van der Waals surface area contributed by atoms with E-state index in [9.17, 15) is 4.79 Å². The lowest BCUT2D eigenvalue weighted by atomic mass is 10.1. The molecule has 0 spiro atoms. The summed E-state index contributed by atoms with van der Waals surface area (Å²) in [5.74, 6) is 0.149. The zero-order valence-corrected chi connectivity index (χ0v) is 7.86. The van der Waals surface area contributed by atoms with Crippen LogP contribution in [0.5, 0.6) is 0 Å². The van der Waals surface area contributed by atoms with E-state index in [0.717, 1.165) is 13.1 Å². The molecule has 12 heavy (non-hydrogen) atoms. The second-order valence-corrected chi connectivity index (χ2v) is 2.91. The number of aliphatic hydroxyl groups excluding tert-OH is 1. The van der Waals surface area contributed by atoms with Gasteiger partial charge in [0, 0.05) is 38.6 Å². The van der Waals surface area contributed by atoms with Gasteiger partial charge in [-0.2, -0.15) is 0 Å². The molecule has 0 aromatic heterocycles. The lowest BCUT2D eigenvalue weighted by molar-refractivity contribution is -0.119. The molecule has 0 aromatic rings. The van der Waals surface area contributed by atoms with Crippen molar-refractivity contribution in [2.45, 2.75) is 13.0 Å². The number of carbonyl (C=O) groups is 1. The predicted molar refractivity (Wildman–Crippen MR) is 48.3 cm³/mol. The molecular weight excluding hydrogens is 180 g/mol. The fourth-order valence-electron chi connectivity index (χ4n) is 1.35. The number of halogens is 1. The fourth-order valence-corrected chi connectivity index (χ4v) is 1.35. The van der Waals surface area contributed by atoms with E-state index in [4.69, 9.17) is 5.11 Å². The highest BCUT2D eigenvalue weighted by molar-refractivity contribution is 5.85. The molecule has 1 rings (SSSR count). The van der Waals surface area contributed by atoms with Crippen LogP contribution >= 0.6 is 12.4 Å². The van der Waals surface area contributed by atoms with Crippen molar-refractivity contribution in [3.8, 4) is 0 Å². The minimum atomic E-state index is -0.0304. The predicted octanol–water partition coefficient (Wildman–Crippen LogP) is -0.875. The topological polar surface area (TPSA) is 61.4 Å². The van der Waals surface area contributed by atoms with E-state index in [1.807, 2.05) is 0 Å². The maximum atomic E-state index is 10.6. The van der Waals surface area contributed by atoms with Crippen LogP contribution in [0.25, 0.3) is 0 Å². The molecular formula is C7H15ClN2O2. The molecule has 4 nitrogen and oxygen atoms in total. The first-order valence-electron chi connectivity index (χ1n) is 3.82. The summed E-state index contributed by atoms with van der Waals surface area (Å²) in [6.07, 6.45) is 0. The molecule has 1 saturated heterocycles. The summed E-state index contributed by atoms with van der Waals surface area (Å²) < 4.78 is 0. The van der Waals surface area contributed by atoms with Gasteiger partial charge < -0.3 is 15.7 Å². The number of amides is 1. The van der Waals surface area contributed by atoms with E-state index in [1.165, 1.54) is 6.92 Å². The van der Waals surface area contributed by atoms with Crippen molar-refractivity contribution in [3.05, 3.63) is 0 Å². The van der Waals surface area contributed by atoms with E-state index >= 15 is 0 Å². The smallest absolute Gasteiger partial charge is 0.217 e. The van der Waals surface area contributed by atoms with Gasteiger partial charge in [-0.3, -0.25) is 4.79 Å².